The summed E-state index contributed by atoms with van der Waals surface area (Å²) in [5.74, 6) is 1.89. The summed E-state index contributed by atoms with van der Waals surface area (Å²) in [5.41, 5.74) is 0.848. The van der Waals surface area contributed by atoms with Gasteiger partial charge in [0.1, 0.15) is 23.7 Å². The number of ether oxygens (including phenoxy) is 4. The highest BCUT2D eigenvalue weighted by molar-refractivity contribution is 5.88. The second-order valence-corrected chi connectivity index (χ2v) is 5.79. The Morgan fingerprint density at radius 3 is 2.52 bits per heavy atom. The first kappa shape index (κ1) is 16.9. The molecule has 0 aromatic heterocycles. The van der Waals surface area contributed by atoms with Crippen LogP contribution in [0.1, 0.15) is 19.4 Å². The molecule has 0 N–H and O–H groups in total. The number of esters is 1. The minimum Gasteiger partial charge on any atom is -0.497 e. The number of hydrogen-bond donors (Lipinski definition) is 0. The second kappa shape index (κ2) is 7.30. The van der Waals surface area contributed by atoms with Crippen molar-refractivity contribution in [1.82, 2.24) is 0 Å². The van der Waals surface area contributed by atoms with E-state index in [0.717, 1.165) is 11.3 Å². The molecule has 5 nitrogen and oxygen atoms in total. The Balaban J connectivity index is 1.67. The smallest absolute Gasteiger partial charge is 0.336 e. The van der Waals surface area contributed by atoms with Gasteiger partial charge in [-0.2, -0.15) is 0 Å². The summed E-state index contributed by atoms with van der Waals surface area (Å²) in [5, 5.41) is 0. The van der Waals surface area contributed by atoms with E-state index in [2.05, 4.69) is 0 Å². The number of carbonyl (C=O) groups is 1. The monoisotopic (exact) mass is 340 g/mol. The highest BCUT2D eigenvalue weighted by Gasteiger charge is 2.24. The van der Waals surface area contributed by atoms with Crippen LogP contribution >= 0.6 is 0 Å². The minimum absolute atomic E-state index is 0.0216. The lowest BCUT2D eigenvalue weighted by molar-refractivity contribution is -0.128. The molecule has 1 aliphatic rings. The molecule has 0 saturated heterocycles. The van der Waals surface area contributed by atoms with Gasteiger partial charge >= 0.3 is 5.97 Å². The summed E-state index contributed by atoms with van der Waals surface area (Å²) in [4.78, 5) is 12.0. The van der Waals surface area contributed by atoms with E-state index >= 15 is 0 Å². The van der Waals surface area contributed by atoms with Crippen LogP contribution < -0.4 is 18.9 Å². The van der Waals surface area contributed by atoms with E-state index in [0.29, 0.717) is 17.2 Å². The average Bonchev–Trinajstić information content (AvgIpc) is 2.61. The van der Waals surface area contributed by atoms with Crippen LogP contribution in [-0.4, -0.2) is 25.3 Å². The van der Waals surface area contributed by atoms with Gasteiger partial charge in [0, 0.05) is 12.1 Å². The summed E-state index contributed by atoms with van der Waals surface area (Å²) in [6.45, 7) is 3.88. The lowest BCUT2D eigenvalue weighted by atomic mass is 10.2. The first-order chi connectivity index (χ1) is 12.0. The third-order valence-electron chi connectivity index (χ3n) is 3.93. The SMILES string of the molecule is COc1cccc(/C=C/C(=O)Oc2ccc3c(c2)OC(C)C(C)O3)c1. The van der Waals surface area contributed by atoms with Crippen molar-refractivity contribution in [3.8, 4) is 23.0 Å². The normalized spacial score (nSPS) is 18.8. The summed E-state index contributed by atoms with van der Waals surface area (Å²) < 4.78 is 22.0. The molecule has 130 valence electrons. The fourth-order valence-electron chi connectivity index (χ4n) is 2.39. The third kappa shape index (κ3) is 4.12. The van der Waals surface area contributed by atoms with Crippen LogP contribution in [0.15, 0.2) is 48.5 Å². The fraction of sp³-hybridized carbons (Fsp3) is 0.250. The van der Waals surface area contributed by atoms with Crippen LogP contribution in [0.5, 0.6) is 23.0 Å². The molecular weight excluding hydrogens is 320 g/mol. The standard InChI is InChI=1S/C20H20O5/c1-13-14(2)24-19-12-17(8-9-18(19)23-13)25-20(21)10-7-15-5-4-6-16(11-15)22-3/h4-14H,1-3H3/b10-7+. The summed E-state index contributed by atoms with van der Waals surface area (Å²) in [6.07, 6.45) is 2.96. The van der Waals surface area contributed by atoms with Crippen LogP contribution in [0.2, 0.25) is 0 Å². The van der Waals surface area contributed by atoms with Gasteiger partial charge in [0.05, 0.1) is 7.11 Å². The molecule has 0 fully saturated rings. The van der Waals surface area contributed by atoms with Crippen molar-refractivity contribution in [2.24, 2.45) is 0 Å². The van der Waals surface area contributed by atoms with Crippen LogP contribution in [0.4, 0.5) is 0 Å². The minimum atomic E-state index is -0.471. The number of methoxy groups -OCH3 is 1. The van der Waals surface area contributed by atoms with E-state index in [1.165, 1.54) is 6.08 Å². The zero-order valence-electron chi connectivity index (χ0n) is 14.4. The van der Waals surface area contributed by atoms with Crippen molar-refractivity contribution >= 4 is 12.0 Å². The van der Waals surface area contributed by atoms with Crippen molar-refractivity contribution in [3.63, 3.8) is 0 Å². The van der Waals surface area contributed by atoms with Crippen LogP contribution in [0.3, 0.4) is 0 Å². The van der Waals surface area contributed by atoms with Crippen molar-refractivity contribution in [2.45, 2.75) is 26.1 Å². The quantitative estimate of drug-likeness (QED) is 0.480. The van der Waals surface area contributed by atoms with Gasteiger partial charge in [0.25, 0.3) is 0 Å². The predicted molar refractivity (Wildman–Crippen MR) is 94.3 cm³/mol. The molecule has 3 rings (SSSR count). The molecule has 0 amide bonds. The molecule has 0 aliphatic carbocycles. The highest BCUT2D eigenvalue weighted by Crippen LogP contribution is 2.36. The van der Waals surface area contributed by atoms with E-state index in [-0.39, 0.29) is 12.2 Å². The molecule has 0 saturated carbocycles. The van der Waals surface area contributed by atoms with Crippen LogP contribution in [0, 0.1) is 0 Å². The lowest BCUT2D eigenvalue weighted by Crippen LogP contribution is -2.34. The molecule has 0 bridgehead atoms. The Kier molecular flexibility index (Phi) is 4.93. The molecule has 0 spiro atoms. The fourth-order valence-corrected chi connectivity index (χ4v) is 2.39. The van der Waals surface area contributed by atoms with Crippen LogP contribution in [0.25, 0.3) is 6.08 Å². The Morgan fingerprint density at radius 1 is 1.00 bits per heavy atom. The number of fused-ring (bicyclic) bond motifs is 1. The van der Waals surface area contributed by atoms with Crippen molar-refractivity contribution in [1.29, 1.82) is 0 Å². The van der Waals surface area contributed by atoms with E-state index in [1.807, 2.05) is 38.1 Å². The third-order valence-corrected chi connectivity index (χ3v) is 3.93. The van der Waals surface area contributed by atoms with Crippen molar-refractivity contribution < 1.29 is 23.7 Å². The molecule has 2 aromatic carbocycles. The van der Waals surface area contributed by atoms with Gasteiger partial charge in [-0.25, -0.2) is 4.79 Å². The average molecular weight is 340 g/mol. The van der Waals surface area contributed by atoms with Gasteiger partial charge in [-0.3, -0.25) is 0 Å². The molecule has 1 heterocycles. The molecule has 2 aromatic rings. The maximum Gasteiger partial charge on any atom is 0.336 e. The summed E-state index contributed by atoms with van der Waals surface area (Å²) >= 11 is 0. The molecule has 0 radical (unpaired) electrons. The predicted octanol–water partition coefficient (Wildman–Crippen LogP) is 3.86. The van der Waals surface area contributed by atoms with Gasteiger partial charge in [-0.1, -0.05) is 12.1 Å². The zero-order valence-corrected chi connectivity index (χ0v) is 14.4. The molecule has 1 aliphatic heterocycles. The molecule has 2 atom stereocenters. The zero-order chi connectivity index (χ0) is 17.8. The molecule has 2 unspecified atom stereocenters. The lowest BCUT2D eigenvalue weighted by Gasteiger charge is -2.29. The van der Waals surface area contributed by atoms with Crippen molar-refractivity contribution in [3.05, 3.63) is 54.1 Å². The van der Waals surface area contributed by atoms with Gasteiger partial charge in [-0.15, -0.1) is 0 Å². The van der Waals surface area contributed by atoms with E-state index in [1.54, 1.807) is 31.4 Å². The summed E-state index contributed by atoms with van der Waals surface area (Å²) in [6, 6.07) is 12.5. The Labute approximate surface area is 146 Å². The number of benzene rings is 2. The summed E-state index contributed by atoms with van der Waals surface area (Å²) in [7, 11) is 1.60. The van der Waals surface area contributed by atoms with Gasteiger partial charge in [0.15, 0.2) is 11.5 Å². The van der Waals surface area contributed by atoms with Gasteiger partial charge < -0.3 is 18.9 Å². The maximum atomic E-state index is 12.0. The largest absolute Gasteiger partial charge is 0.497 e. The van der Waals surface area contributed by atoms with Gasteiger partial charge in [0.2, 0.25) is 0 Å². The Hall–Kier alpha value is -2.95. The number of rotatable bonds is 4. The maximum absolute atomic E-state index is 12.0. The van der Waals surface area contributed by atoms with Crippen molar-refractivity contribution in [2.75, 3.05) is 7.11 Å². The van der Waals surface area contributed by atoms with E-state index in [9.17, 15) is 4.79 Å². The first-order valence-electron chi connectivity index (χ1n) is 8.06. The number of carbonyl (C=O) groups excluding carboxylic acids is 1. The second-order valence-electron chi connectivity index (χ2n) is 5.79. The van der Waals surface area contributed by atoms with Gasteiger partial charge in [-0.05, 0) is 49.8 Å². The highest BCUT2D eigenvalue weighted by atomic mass is 16.6. The van der Waals surface area contributed by atoms with E-state index < -0.39 is 5.97 Å². The molecular formula is C20H20O5. The topological polar surface area (TPSA) is 54.0 Å². The van der Waals surface area contributed by atoms with Crippen LogP contribution in [-0.2, 0) is 4.79 Å². The number of hydrogen-bond acceptors (Lipinski definition) is 5. The first-order valence-corrected chi connectivity index (χ1v) is 8.06. The Morgan fingerprint density at radius 2 is 1.76 bits per heavy atom. The Bertz CT molecular complexity index is 796. The molecule has 5 heteroatoms. The van der Waals surface area contributed by atoms with E-state index in [4.69, 9.17) is 18.9 Å². The molecule has 25 heavy (non-hydrogen) atoms.